The van der Waals surface area contributed by atoms with Crippen LogP contribution in [-0.2, 0) is 0 Å². The molecule has 0 bridgehead atoms. The largest absolute Gasteiger partial charge is 0.339 e. The van der Waals surface area contributed by atoms with Gasteiger partial charge in [0, 0.05) is 29.6 Å². The molecule has 23 heavy (non-hydrogen) atoms. The third-order valence-electron chi connectivity index (χ3n) is 4.12. The van der Waals surface area contributed by atoms with Crippen molar-refractivity contribution in [3.05, 3.63) is 61.3 Å². The third-order valence-corrected chi connectivity index (χ3v) is 5.47. The quantitative estimate of drug-likeness (QED) is 0.611. The number of likely N-dealkylation sites (tertiary alicyclic amines) is 1. The predicted molar refractivity (Wildman–Crippen MR) is 90.3 cm³/mol. The Hall–Kier alpha value is -1.92. The van der Waals surface area contributed by atoms with Crippen molar-refractivity contribution in [1.82, 2.24) is 4.90 Å². The smallest absolute Gasteiger partial charge is 0.288 e. The van der Waals surface area contributed by atoms with Crippen LogP contribution in [-0.4, -0.2) is 28.8 Å². The molecule has 1 aromatic heterocycles. The Morgan fingerprint density at radius 3 is 2.65 bits per heavy atom. The lowest BCUT2D eigenvalue weighted by Crippen LogP contribution is -2.37. The number of nitrogens with zero attached hydrogens (tertiary/aromatic N) is 2. The highest BCUT2D eigenvalue weighted by Gasteiger charge is 2.26. The van der Waals surface area contributed by atoms with Crippen LogP contribution in [0.15, 0.2) is 35.7 Å². The molecule has 0 spiro atoms. The van der Waals surface area contributed by atoms with Crippen molar-refractivity contribution in [2.24, 2.45) is 0 Å². The van der Waals surface area contributed by atoms with Crippen molar-refractivity contribution in [3.63, 3.8) is 0 Å². The van der Waals surface area contributed by atoms with Gasteiger partial charge in [-0.2, -0.15) is 0 Å². The van der Waals surface area contributed by atoms with Gasteiger partial charge in [-0.3, -0.25) is 14.9 Å². The molecule has 120 valence electrons. The van der Waals surface area contributed by atoms with Gasteiger partial charge in [0.25, 0.3) is 11.6 Å². The van der Waals surface area contributed by atoms with E-state index in [1.807, 2.05) is 6.07 Å². The average molecular weight is 351 g/mol. The second kappa shape index (κ2) is 6.68. The van der Waals surface area contributed by atoms with E-state index >= 15 is 0 Å². The number of rotatable bonds is 3. The molecular formula is C16H15ClN2O3S. The summed E-state index contributed by atoms with van der Waals surface area (Å²) in [5.74, 6) is 0.327. The van der Waals surface area contributed by atoms with Gasteiger partial charge in [-0.25, -0.2) is 0 Å². The van der Waals surface area contributed by atoms with E-state index in [9.17, 15) is 14.9 Å². The summed E-state index contributed by atoms with van der Waals surface area (Å²) in [5, 5.41) is 13.1. The normalized spacial score (nSPS) is 15.6. The van der Waals surface area contributed by atoms with E-state index in [0.29, 0.717) is 24.6 Å². The summed E-state index contributed by atoms with van der Waals surface area (Å²) in [6.07, 6.45) is 1.84. The number of halogens is 1. The van der Waals surface area contributed by atoms with Crippen LogP contribution in [0.4, 0.5) is 5.69 Å². The molecule has 1 aliphatic heterocycles. The number of hydrogen-bond donors (Lipinski definition) is 0. The SMILES string of the molecule is O=C(c1ccc(Cl)c([N+](=O)[O-])c1)N1CCC(c2cccs2)CC1. The highest BCUT2D eigenvalue weighted by atomic mass is 35.5. The summed E-state index contributed by atoms with van der Waals surface area (Å²) in [5.41, 5.74) is 0.0849. The van der Waals surface area contributed by atoms with Crippen LogP contribution in [0.5, 0.6) is 0 Å². The standard InChI is InChI=1S/C16H15ClN2O3S/c17-13-4-3-12(10-14(13)19(21)22)16(20)18-7-5-11(6-8-18)15-2-1-9-23-15/h1-4,9-11H,5-8H2. The predicted octanol–water partition coefficient (Wildman–Crippen LogP) is 4.33. The van der Waals surface area contributed by atoms with Crippen LogP contribution in [0, 0.1) is 10.1 Å². The molecule has 0 aliphatic carbocycles. The molecule has 5 nitrogen and oxygen atoms in total. The van der Waals surface area contributed by atoms with Gasteiger partial charge in [-0.1, -0.05) is 17.7 Å². The molecule has 0 saturated carbocycles. The lowest BCUT2D eigenvalue weighted by Gasteiger charge is -2.31. The maximum absolute atomic E-state index is 12.5. The second-order valence-electron chi connectivity index (χ2n) is 5.51. The highest BCUT2D eigenvalue weighted by molar-refractivity contribution is 7.10. The van der Waals surface area contributed by atoms with E-state index in [2.05, 4.69) is 11.4 Å². The zero-order valence-electron chi connectivity index (χ0n) is 12.3. The number of amides is 1. The molecule has 1 aliphatic rings. The van der Waals surface area contributed by atoms with Crippen LogP contribution in [0.2, 0.25) is 5.02 Å². The molecule has 2 heterocycles. The first-order chi connectivity index (χ1) is 11.1. The number of thiophene rings is 1. The lowest BCUT2D eigenvalue weighted by molar-refractivity contribution is -0.384. The van der Waals surface area contributed by atoms with E-state index in [1.54, 1.807) is 22.3 Å². The maximum atomic E-state index is 12.5. The molecule has 0 unspecified atom stereocenters. The first-order valence-electron chi connectivity index (χ1n) is 7.33. The number of piperidine rings is 1. The summed E-state index contributed by atoms with van der Waals surface area (Å²) in [4.78, 5) is 26.0. The first-order valence-corrected chi connectivity index (χ1v) is 8.58. The monoisotopic (exact) mass is 350 g/mol. The van der Waals surface area contributed by atoms with Gasteiger partial charge in [-0.05, 0) is 42.3 Å². The number of benzene rings is 1. The van der Waals surface area contributed by atoms with Crippen molar-refractivity contribution in [3.8, 4) is 0 Å². The molecular weight excluding hydrogens is 336 g/mol. The van der Waals surface area contributed by atoms with Gasteiger partial charge < -0.3 is 4.90 Å². The summed E-state index contributed by atoms with van der Waals surface area (Å²) >= 11 is 7.54. The van der Waals surface area contributed by atoms with Crippen LogP contribution in [0.3, 0.4) is 0 Å². The zero-order valence-corrected chi connectivity index (χ0v) is 13.8. The molecule has 0 radical (unpaired) electrons. The molecule has 1 fully saturated rings. The van der Waals surface area contributed by atoms with Gasteiger partial charge in [0.05, 0.1) is 4.92 Å². The van der Waals surface area contributed by atoms with E-state index in [1.165, 1.54) is 17.0 Å². The van der Waals surface area contributed by atoms with Crippen molar-refractivity contribution in [2.45, 2.75) is 18.8 Å². The van der Waals surface area contributed by atoms with E-state index in [-0.39, 0.29) is 16.6 Å². The van der Waals surface area contributed by atoms with Crippen LogP contribution >= 0.6 is 22.9 Å². The Morgan fingerprint density at radius 2 is 2.04 bits per heavy atom. The molecule has 1 amide bonds. The van der Waals surface area contributed by atoms with Crippen molar-refractivity contribution < 1.29 is 9.72 Å². The van der Waals surface area contributed by atoms with Crippen molar-refractivity contribution >= 4 is 34.5 Å². The number of carbonyl (C=O) groups is 1. The average Bonchev–Trinajstić information content (AvgIpc) is 3.09. The summed E-state index contributed by atoms with van der Waals surface area (Å²) in [7, 11) is 0. The minimum Gasteiger partial charge on any atom is -0.339 e. The Bertz CT molecular complexity index is 725. The van der Waals surface area contributed by atoms with Crippen LogP contribution in [0.1, 0.15) is 34.0 Å². The van der Waals surface area contributed by atoms with Gasteiger partial charge in [0.1, 0.15) is 5.02 Å². The Labute approximate surface area is 142 Å². The van der Waals surface area contributed by atoms with E-state index < -0.39 is 4.92 Å². The first kappa shape index (κ1) is 16.0. The van der Waals surface area contributed by atoms with Crippen molar-refractivity contribution in [2.75, 3.05) is 13.1 Å². The molecule has 1 saturated heterocycles. The fourth-order valence-corrected chi connectivity index (χ4v) is 3.94. The molecule has 0 atom stereocenters. The Balaban J connectivity index is 1.70. The van der Waals surface area contributed by atoms with Crippen LogP contribution < -0.4 is 0 Å². The van der Waals surface area contributed by atoms with Gasteiger partial charge in [0.15, 0.2) is 0 Å². The van der Waals surface area contributed by atoms with Gasteiger partial charge >= 0.3 is 0 Å². The Morgan fingerprint density at radius 1 is 1.30 bits per heavy atom. The summed E-state index contributed by atoms with van der Waals surface area (Å²) in [6, 6.07) is 8.39. The fourth-order valence-electron chi connectivity index (χ4n) is 2.86. The molecule has 2 aromatic rings. The molecule has 1 aromatic carbocycles. The Kier molecular flexibility index (Phi) is 4.63. The number of carbonyl (C=O) groups excluding carboxylic acids is 1. The maximum Gasteiger partial charge on any atom is 0.288 e. The summed E-state index contributed by atoms with van der Waals surface area (Å²) in [6.45, 7) is 1.33. The fraction of sp³-hybridized carbons (Fsp3) is 0.312. The molecule has 0 N–H and O–H groups in total. The third kappa shape index (κ3) is 3.38. The number of nitro groups is 1. The minimum absolute atomic E-state index is 0.0444. The summed E-state index contributed by atoms with van der Waals surface area (Å²) < 4.78 is 0. The topological polar surface area (TPSA) is 63.4 Å². The highest BCUT2D eigenvalue weighted by Crippen LogP contribution is 2.32. The van der Waals surface area contributed by atoms with Crippen molar-refractivity contribution in [1.29, 1.82) is 0 Å². The number of hydrogen-bond acceptors (Lipinski definition) is 4. The number of nitro benzene ring substituents is 1. The van der Waals surface area contributed by atoms with Crippen LogP contribution in [0.25, 0.3) is 0 Å². The lowest BCUT2D eigenvalue weighted by atomic mass is 9.95. The minimum atomic E-state index is -0.567. The van der Waals surface area contributed by atoms with Gasteiger partial charge in [0.2, 0.25) is 0 Å². The zero-order chi connectivity index (χ0) is 16.4. The van der Waals surface area contributed by atoms with Gasteiger partial charge in [-0.15, -0.1) is 11.3 Å². The van der Waals surface area contributed by atoms with E-state index in [0.717, 1.165) is 12.8 Å². The molecule has 7 heteroatoms. The van der Waals surface area contributed by atoms with E-state index in [4.69, 9.17) is 11.6 Å². The second-order valence-corrected chi connectivity index (χ2v) is 6.89. The molecule has 3 rings (SSSR count).